The number of aromatic nitrogens is 1. The molecule has 0 radical (unpaired) electrons. The molecule has 3 nitrogen and oxygen atoms in total. The van der Waals surface area contributed by atoms with Crippen LogP contribution in [0.25, 0.3) is 0 Å². The predicted octanol–water partition coefficient (Wildman–Crippen LogP) is 2.66. The molecule has 0 aromatic carbocycles. The lowest BCUT2D eigenvalue weighted by Crippen LogP contribution is -2.33. The Bertz CT molecular complexity index is 408. The number of hydrogen-bond donors (Lipinski definition) is 1. The lowest BCUT2D eigenvalue weighted by Gasteiger charge is -2.25. The molecule has 1 aromatic heterocycles. The molecule has 1 saturated heterocycles. The lowest BCUT2D eigenvalue weighted by atomic mass is 10.2. The third kappa shape index (κ3) is 3.60. The molecule has 106 valence electrons. The molecule has 0 saturated carbocycles. The van der Waals surface area contributed by atoms with Crippen LogP contribution in [0.3, 0.4) is 0 Å². The molecule has 0 aliphatic carbocycles. The molecular formula is C14H22FN3S. The van der Waals surface area contributed by atoms with E-state index in [1.807, 2.05) is 23.7 Å². The first-order valence-electron chi connectivity index (χ1n) is 6.88. The monoisotopic (exact) mass is 283 g/mol. The van der Waals surface area contributed by atoms with E-state index >= 15 is 0 Å². The third-order valence-corrected chi connectivity index (χ3v) is 4.63. The van der Waals surface area contributed by atoms with Gasteiger partial charge in [0, 0.05) is 37.1 Å². The molecule has 1 fully saturated rings. The number of hydrogen-bond acceptors (Lipinski definition) is 4. The average molecular weight is 283 g/mol. The van der Waals surface area contributed by atoms with Crippen LogP contribution in [-0.4, -0.2) is 36.1 Å². The number of pyridine rings is 1. The second kappa shape index (κ2) is 7.10. The second-order valence-corrected chi connectivity index (χ2v) is 6.06. The SMILES string of the molecule is CCCNCc1ccnc(N(C)C2CCSC2)c1F. The highest BCUT2D eigenvalue weighted by Gasteiger charge is 2.24. The van der Waals surface area contributed by atoms with Gasteiger partial charge in [0.15, 0.2) is 11.6 Å². The molecule has 1 N–H and O–H groups in total. The number of nitrogens with one attached hydrogen (secondary N) is 1. The summed E-state index contributed by atoms with van der Waals surface area (Å²) < 4.78 is 14.5. The van der Waals surface area contributed by atoms with Gasteiger partial charge in [-0.3, -0.25) is 0 Å². The largest absolute Gasteiger partial charge is 0.353 e. The fourth-order valence-electron chi connectivity index (χ4n) is 2.25. The molecule has 2 rings (SSSR count). The van der Waals surface area contributed by atoms with Gasteiger partial charge in [0.25, 0.3) is 0 Å². The summed E-state index contributed by atoms with van der Waals surface area (Å²) in [6.45, 7) is 3.58. The summed E-state index contributed by atoms with van der Waals surface area (Å²) in [5.41, 5.74) is 0.705. The number of rotatable bonds is 6. The van der Waals surface area contributed by atoms with E-state index in [4.69, 9.17) is 0 Å². The zero-order valence-corrected chi connectivity index (χ0v) is 12.5. The van der Waals surface area contributed by atoms with E-state index in [1.54, 1.807) is 12.3 Å². The molecular weight excluding hydrogens is 261 g/mol. The highest BCUT2D eigenvalue weighted by atomic mass is 32.2. The zero-order valence-electron chi connectivity index (χ0n) is 11.7. The summed E-state index contributed by atoms with van der Waals surface area (Å²) in [5, 5.41) is 3.24. The van der Waals surface area contributed by atoms with Crippen molar-refractivity contribution in [1.29, 1.82) is 0 Å². The Hall–Kier alpha value is -0.810. The van der Waals surface area contributed by atoms with Gasteiger partial charge in [-0.25, -0.2) is 9.37 Å². The molecule has 1 aromatic rings. The van der Waals surface area contributed by atoms with Crippen molar-refractivity contribution in [3.05, 3.63) is 23.6 Å². The van der Waals surface area contributed by atoms with Crippen molar-refractivity contribution in [2.75, 3.05) is 30.0 Å². The van der Waals surface area contributed by atoms with Crippen LogP contribution in [-0.2, 0) is 6.54 Å². The van der Waals surface area contributed by atoms with Crippen LogP contribution in [0, 0.1) is 5.82 Å². The van der Waals surface area contributed by atoms with Crippen molar-refractivity contribution >= 4 is 17.6 Å². The normalized spacial score (nSPS) is 18.8. The molecule has 2 heterocycles. The molecule has 1 aliphatic rings. The van der Waals surface area contributed by atoms with Crippen LogP contribution in [0.5, 0.6) is 0 Å². The summed E-state index contributed by atoms with van der Waals surface area (Å²) in [7, 11) is 1.95. The smallest absolute Gasteiger partial charge is 0.170 e. The minimum atomic E-state index is -0.175. The lowest BCUT2D eigenvalue weighted by molar-refractivity contribution is 0.568. The fraction of sp³-hybridized carbons (Fsp3) is 0.643. The van der Waals surface area contributed by atoms with E-state index in [-0.39, 0.29) is 5.82 Å². The van der Waals surface area contributed by atoms with Crippen molar-refractivity contribution in [2.24, 2.45) is 0 Å². The predicted molar refractivity (Wildman–Crippen MR) is 80.3 cm³/mol. The van der Waals surface area contributed by atoms with E-state index in [0.29, 0.717) is 24.0 Å². The van der Waals surface area contributed by atoms with Crippen LogP contribution in [0.4, 0.5) is 10.2 Å². The van der Waals surface area contributed by atoms with Crippen LogP contribution in [0.15, 0.2) is 12.3 Å². The second-order valence-electron chi connectivity index (χ2n) is 4.91. The molecule has 1 aliphatic heterocycles. The minimum Gasteiger partial charge on any atom is -0.353 e. The van der Waals surface area contributed by atoms with E-state index in [2.05, 4.69) is 17.2 Å². The molecule has 19 heavy (non-hydrogen) atoms. The average Bonchev–Trinajstić information content (AvgIpc) is 2.94. The van der Waals surface area contributed by atoms with Gasteiger partial charge in [-0.2, -0.15) is 11.8 Å². The minimum absolute atomic E-state index is 0.175. The topological polar surface area (TPSA) is 28.2 Å². The first-order chi connectivity index (χ1) is 9.24. The fourth-order valence-corrected chi connectivity index (χ4v) is 3.52. The summed E-state index contributed by atoms with van der Waals surface area (Å²) in [6.07, 6.45) is 3.87. The van der Waals surface area contributed by atoms with Crippen LogP contribution in [0.1, 0.15) is 25.3 Å². The van der Waals surface area contributed by atoms with Crippen molar-refractivity contribution in [1.82, 2.24) is 10.3 Å². The quantitative estimate of drug-likeness (QED) is 0.813. The summed E-state index contributed by atoms with van der Waals surface area (Å²) in [5.74, 6) is 2.54. The van der Waals surface area contributed by atoms with E-state index in [9.17, 15) is 4.39 Å². The van der Waals surface area contributed by atoms with E-state index in [1.165, 1.54) is 0 Å². The highest BCUT2D eigenvalue weighted by molar-refractivity contribution is 7.99. The van der Waals surface area contributed by atoms with Gasteiger partial charge < -0.3 is 10.2 Å². The van der Waals surface area contributed by atoms with Gasteiger partial charge in [-0.15, -0.1) is 0 Å². The Kier molecular flexibility index (Phi) is 5.45. The van der Waals surface area contributed by atoms with Crippen LogP contribution < -0.4 is 10.2 Å². The molecule has 0 bridgehead atoms. The Morgan fingerprint density at radius 3 is 3.11 bits per heavy atom. The third-order valence-electron chi connectivity index (χ3n) is 3.48. The standard InChI is InChI=1S/C14H22FN3S/c1-3-6-16-9-11-4-7-17-14(13(11)15)18(2)12-5-8-19-10-12/h4,7,12,16H,3,5-6,8-10H2,1-2H3. The van der Waals surface area contributed by atoms with Gasteiger partial charge in [-0.1, -0.05) is 6.92 Å². The number of halogens is 1. The maximum atomic E-state index is 14.5. The number of thioether (sulfide) groups is 1. The van der Waals surface area contributed by atoms with Gasteiger partial charge in [0.1, 0.15) is 0 Å². The number of anilines is 1. The van der Waals surface area contributed by atoms with Gasteiger partial charge in [0.2, 0.25) is 0 Å². The van der Waals surface area contributed by atoms with E-state index < -0.39 is 0 Å². The Morgan fingerprint density at radius 2 is 2.42 bits per heavy atom. The molecule has 5 heteroatoms. The number of nitrogens with zero attached hydrogens (tertiary/aromatic N) is 2. The Balaban J connectivity index is 2.09. The highest BCUT2D eigenvalue weighted by Crippen LogP contribution is 2.27. The van der Waals surface area contributed by atoms with Gasteiger partial charge >= 0.3 is 0 Å². The summed E-state index contributed by atoms with van der Waals surface area (Å²) in [6, 6.07) is 2.17. The Morgan fingerprint density at radius 1 is 1.58 bits per heavy atom. The van der Waals surface area contributed by atoms with Crippen molar-refractivity contribution < 1.29 is 4.39 Å². The summed E-state index contributed by atoms with van der Waals surface area (Å²) >= 11 is 1.93. The van der Waals surface area contributed by atoms with Gasteiger partial charge in [-0.05, 0) is 31.2 Å². The first kappa shape index (κ1) is 14.6. The van der Waals surface area contributed by atoms with Crippen molar-refractivity contribution in [2.45, 2.75) is 32.4 Å². The molecule has 0 amide bonds. The Labute approximate surface area is 119 Å². The van der Waals surface area contributed by atoms with Crippen LogP contribution >= 0.6 is 11.8 Å². The zero-order chi connectivity index (χ0) is 13.7. The maximum absolute atomic E-state index is 14.5. The summed E-state index contributed by atoms with van der Waals surface area (Å²) in [4.78, 5) is 6.22. The van der Waals surface area contributed by atoms with Crippen molar-refractivity contribution in [3.8, 4) is 0 Å². The van der Waals surface area contributed by atoms with Crippen molar-refractivity contribution in [3.63, 3.8) is 0 Å². The maximum Gasteiger partial charge on any atom is 0.170 e. The first-order valence-corrected chi connectivity index (χ1v) is 8.04. The molecule has 0 spiro atoms. The van der Waals surface area contributed by atoms with E-state index in [0.717, 1.165) is 30.9 Å². The molecule has 1 unspecified atom stereocenters. The molecule has 1 atom stereocenters. The van der Waals surface area contributed by atoms with Crippen LogP contribution in [0.2, 0.25) is 0 Å². The van der Waals surface area contributed by atoms with Gasteiger partial charge in [0.05, 0.1) is 0 Å².